The van der Waals surface area contributed by atoms with Crippen LogP contribution in [0.3, 0.4) is 0 Å². The lowest BCUT2D eigenvalue weighted by molar-refractivity contribution is -0.117. The monoisotopic (exact) mass is 275 g/mol. The number of nitrogens with two attached hydrogens (primary N) is 1. The highest BCUT2D eigenvalue weighted by molar-refractivity contribution is 6.30. The highest BCUT2D eigenvalue weighted by atomic mass is 35.5. The van der Waals surface area contributed by atoms with Crippen molar-refractivity contribution in [3.05, 3.63) is 59.2 Å². The first-order valence-electron chi connectivity index (χ1n) is 5.88. The Labute approximate surface area is 116 Å². The molecule has 1 heterocycles. The number of hydrogen-bond donors (Lipinski definition) is 2. The van der Waals surface area contributed by atoms with E-state index in [2.05, 4.69) is 10.3 Å². The average Bonchev–Trinajstić information content (AvgIpc) is 2.43. The fourth-order valence-electron chi connectivity index (χ4n) is 1.74. The Morgan fingerprint density at radius 2 is 2.00 bits per heavy atom. The third-order valence-electron chi connectivity index (χ3n) is 2.73. The van der Waals surface area contributed by atoms with Crippen LogP contribution in [0.15, 0.2) is 48.7 Å². The average molecular weight is 276 g/mol. The van der Waals surface area contributed by atoms with E-state index in [-0.39, 0.29) is 12.5 Å². The highest BCUT2D eigenvalue weighted by Gasteiger charge is 2.19. The summed E-state index contributed by atoms with van der Waals surface area (Å²) in [5.41, 5.74) is 6.57. The summed E-state index contributed by atoms with van der Waals surface area (Å²) in [6, 6.07) is 12.7. The zero-order valence-electron chi connectivity index (χ0n) is 10.2. The first-order chi connectivity index (χ1) is 9.20. The van der Waals surface area contributed by atoms with Gasteiger partial charge in [-0.05, 0) is 17.7 Å². The molecule has 0 bridgehead atoms. The van der Waals surface area contributed by atoms with Gasteiger partial charge in [0.1, 0.15) is 5.82 Å². The van der Waals surface area contributed by atoms with Crippen molar-refractivity contribution in [2.24, 2.45) is 5.73 Å². The number of benzene rings is 1. The van der Waals surface area contributed by atoms with E-state index in [1.54, 1.807) is 12.1 Å². The molecule has 0 aliphatic carbocycles. The van der Waals surface area contributed by atoms with E-state index in [0.717, 1.165) is 5.56 Å². The summed E-state index contributed by atoms with van der Waals surface area (Å²) in [6.07, 6.45) is 1.48. The van der Waals surface area contributed by atoms with Gasteiger partial charge < -0.3 is 11.1 Å². The summed E-state index contributed by atoms with van der Waals surface area (Å²) in [4.78, 5) is 16.2. The van der Waals surface area contributed by atoms with Crippen LogP contribution < -0.4 is 11.1 Å². The Hall–Kier alpha value is -1.91. The number of amides is 1. The van der Waals surface area contributed by atoms with Crippen molar-refractivity contribution in [2.75, 3.05) is 11.9 Å². The quantitative estimate of drug-likeness (QED) is 0.900. The van der Waals surface area contributed by atoms with Gasteiger partial charge >= 0.3 is 0 Å². The summed E-state index contributed by atoms with van der Waals surface area (Å²) < 4.78 is 0. The Morgan fingerprint density at radius 3 is 2.58 bits per heavy atom. The molecule has 1 aromatic carbocycles. The molecule has 1 amide bonds. The van der Waals surface area contributed by atoms with E-state index >= 15 is 0 Å². The van der Waals surface area contributed by atoms with Crippen molar-refractivity contribution in [2.45, 2.75) is 5.92 Å². The van der Waals surface area contributed by atoms with Gasteiger partial charge in [0, 0.05) is 12.7 Å². The van der Waals surface area contributed by atoms with Crippen molar-refractivity contribution < 1.29 is 4.79 Å². The number of rotatable bonds is 4. The molecule has 19 heavy (non-hydrogen) atoms. The smallest absolute Gasteiger partial charge is 0.234 e. The van der Waals surface area contributed by atoms with E-state index in [9.17, 15) is 4.79 Å². The Kier molecular flexibility index (Phi) is 4.49. The SMILES string of the molecule is NCC(C(=O)Nc1ccc(Cl)cn1)c1ccccc1. The molecular weight excluding hydrogens is 262 g/mol. The molecule has 0 aliphatic rings. The Balaban J connectivity index is 2.11. The summed E-state index contributed by atoms with van der Waals surface area (Å²) in [5, 5.41) is 3.25. The van der Waals surface area contributed by atoms with Gasteiger partial charge in [0.15, 0.2) is 0 Å². The van der Waals surface area contributed by atoms with Gasteiger partial charge in [0.05, 0.1) is 10.9 Å². The molecular formula is C14H14ClN3O. The second kappa shape index (κ2) is 6.31. The molecule has 1 atom stereocenters. The minimum absolute atomic E-state index is 0.177. The maximum Gasteiger partial charge on any atom is 0.234 e. The molecule has 5 heteroatoms. The molecule has 1 unspecified atom stereocenters. The zero-order chi connectivity index (χ0) is 13.7. The van der Waals surface area contributed by atoms with E-state index in [4.69, 9.17) is 17.3 Å². The lowest BCUT2D eigenvalue weighted by Crippen LogP contribution is -2.27. The van der Waals surface area contributed by atoms with Gasteiger partial charge in [-0.25, -0.2) is 4.98 Å². The number of hydrogen-bond acceptors (Lipinski definition) is 3. The molecule has 2 aromatic rings. The second-order valence-electron chi connectivity index (χ2n) is 4.05. The van der Waals surface area contributed by atoms with Crippen LogP contribution in [0.25, 0.3) is 0 Å². The first-order valence-corrected chi connectivity index (χ1v) is 6.26. The van der Waals surface area contributed by atoms with Gasteiger partial charge in [-0.1, -0.05) is 41.9 Å². The number of nitrogens with zero attached hydrogens (tertiary/aromatic N) is 1. The van der Waals surface area contributed by atoms with Crippen LogP contribution in [0, 0.1) is 0 Å². The summed E-state index contributed by atoms with van der Waals surface area (Å²) in [7, 11) is 0. The Bertz CT molecular complexity index is 542. The van der Waals surface area contributed by atoms with Crippen LogP contribution in [0.4, 0.5) is 5.82 Å². The third-order valence-corrected chi connectivity index (χ3v) is 2.96. The zero-order valence-corrected chi connectivity index (χ0v) is 11.0. The number of anilines is 1. The minimum atomic E-state index is -0.390. The molecule has 0 saturated heterocycles. The van der Waals surface area contributed by atoms with Crippen LogP contribution in [-0.4, -0.2) is 17.4 Å². The van der Waals surface area contributed by atoms with Crippen LogP contribution in [-0.2, 0) is 4.79 Å². The molecule has 1 aromatic heterocycles. The molecule has 0 aliphatic heterocycles. The molecule has 0 fully saturated rings. The van der Waals surface area contributed by atoms with Crippen LogP contribution in [0.1, 0.15) is 11.5 Å². The predicted molar refractivity (Wildman–Crippen MR) is 76.1 cm³/mol. The molecule has 0 radical (unpaired) electrons. The van der Waals surface area contributed by atoms with Crippen LogP contribution >= 0.6 is 11.6 Å². The standard InChI is InChI=1S/C14H14ClN3O/c15-11-6-7-13(17-9-11)18-14(19)12(8-16)10-4-2-1-3-5-10/h1-7,9,12H,8,16H2,(H,17,18,19). The van der Waals surface area contributed by atoms with Crippen LogP contribution in [0.2, 0.25) is 5.02 Å². The van der Waals surface area contributed by atoms with Gasteiger partial charge in [-0.15, -0.1) is 0 Å². The van der Waals surface area contributed by atoms with E-state index in [1.807, 2.05) is 30.3 Å². The summed E-state index contributed by atoms with van der Waals surface area (Å²) >= 11 is 5.74. The number of carbonyl (C=O) groups excluding carboxylic acids is 1. The number of pyridine rings is 1. The van der Waals surface area contributed by atoms with Crippen molar-refractivity contribution in [1.29, 1.82) is 0 Å². The molecule has 2 rings (SSSR count). The number of carbonyl (C=O) groups is 1. The maximum absolute atomic E-state index is 12.2. The van der Waals surface area contributed by atoms with Gasteiger partial charge in [-0.2, -0.15) is 0 Å². The summed E-state index contributed by atoms with van der Waals surface area (Å²) in [6.45, 7) is 0.240. The van der Waals surface area contributed by atoms with Gasteiger partial charge in [0.2, 0.25) is 5.91 Å². The predicted octanol–water partition coefficient (Wildman–Crippen LogP) is 2.42. The van der Waals surface area contributed by atoms with Crippen molar-refractivity contribution >= 4 is 23.3 Å². The lowest BCUT2D eigenvalue weighted by Gasteiger charge is -2.14. The molecule has 4 nitrogen and oxygen atoms in total. The molecule has 98 valence electrons. The summed E-state index contributed by atoms with van der Waals surface area (Å²) in [5.74, 6) is -0.106. The molecule has 0 spiro atoms. The topological polar surface area (TPSA) is 68.0 Å². The maximum atomic E-state index is 12.2. The number of aromatic nitrogens is 1. The van der Waals surface area contributed by atoms with E-state index < -0.39 is 5.92 Å². The highest BCUT2D eigenvalue weighted by Crippen LogP contribution is 2.17. The lowest BCUT2D eigenvalue weighted by atomic mass is 9.98. The van der Waals surface area contributed by atoms with Gasteiger partial charge in [0.25, 0.3) is 0 Å². The number of halogens is 1. The second-order valence-corrected chi connectivity index (χ2v) is 4.49. The molecule has 0 saturated carbocycles. The number of nitrogens with one attached hydrogen (secondary N) is 1. The van der Waals surface area contributed by atoms with Crippen molar-refractivity contribution in [1.82, 2.24) is 4.98 Å². The fourth-order valence-corrected chi connectivity index (χ4v) is 1.85. The van der Waals surface area contributed by atoms with E-state index in [1.165, 1.54) is 6.20 Å². The Morgan fingerprint density at radius 1 is 1.26 bits per heavy atom. The largest absolute Gasteiger partial charge is 0.329 e. The first kappa shape index (κ1) is 13.5. The normalized spacial score (nSPS) is 11.9. The fraction of sp³-hybridized carbons (Fsp3) is 0.143. The van der Waals surface area contributed by atoms with Crippen molar-refractivity contribution in [3.63, 3.8) is 0 Å². The third kappa shape index (κ3) is 3.53. The molecule has 3 N–H and O–H groups in total. The van der Waals surface area contributed by atoms with Crippen molar-refractivity contribution in [3.8, 4) is 0 Å². The van der Waals surface area contributed by atoms with Crippen LogP contribution in [0.5, 0.6) is 0 Å². The van der Waals surface area contributed by atoms with Gasteiger partial charge in [-0.3, -0.25) is 4.79 Å². The minimum Gasteiger partial charge on any atom is -0.329 e. The van der Waals surface area contributed by atoms with E-state index in [0.29, 0.717) is 10.8 Å².